The van der Waals surface area contributed by atoms with Gasteiger partial charge in [-0.05, 0) is 18.4 Å². The highest BCUT2D eigenvalue weighted by Gasteiger charge is 2.28. The van der Waals surface area contributed by atoms with Crippen LogP contribution in [0.5, 0.6) is 17.2 Å². The zero-order chi connectivity index (χ0) is 15.5. The van der Waals surface area contributed by atoms with Gasteiger partial charge in [0.1, 0.15) is 23.4 Å². The third kappa shape index (κ3) is 2.41. The predicted molar refractivity (Wildman–Crippen MR) is 83.1 cm³/mol. The molecule has 22 heavy (non-hydrogen) atoms. The van der Waals surface area contributed by atoms with E-state index in [0.717, 1.165) is 30.3 Å². The highest BCUT2D eigenvalue weighted by molar-refractivity contribution is 5.86. The lowest BCUT2D eigenvalue weighted by atomic mass is 9.94. The van der Waals surface area contributed by atoms with Gasteiger partial charge in [0, 0.05) is 11.6 Å². The van der Waals surface area contributed by atoms with Gasteiger partial charge in [-0.2, -0.15) is 0 Å². The molecule has 1 heterocycles. The minimum atomic E-state index is -0.0655. The quantitative estimate of drug-likeness (QED) is 0.809. The molecular formula is C18H18O4. The number of fused-ring (bicyclic) bond motifs is 1. The number of aldehydes is 1. The Bertz CT molecular complexity index is 679. The average molecular weight is 298 g/mol. The molecule has 2 aromatic rings. The monoisotopic (exact) mass is 298 g/mol. The maximum atomic E-state index is 11.5. The van der Waals surface area contributed by atoms with E-state index in [1.54, 1.807) is 13.2 Å². The Hall–Kier alpha value is -2.49. The number of hydrogen-bond donors (Lipinski definition) is 0. The van der Waals surface area contributed by atoms with E-state index >= 15 is 0 Å². The van der Waals surface area contributed by atoms with E-state index in [9.17, 15) is 4.79 Å². The molecule has 0 spiro atoms. The molecular weight excluding hydrogens is 280 g/mol. The molecule has 0 radical (unpaired) electrons. The van der Waals surface area contributed by atoms with E-state index in [1.807, 2.05) is 30.3 Å². The summed E-state index contributed by atoms with van der Waals surface area (Å²) < 4.78 is 16.8. The highest BCUT2D eigenvalue weighted by atomic mass is 16.5. The van der Waals surface area contributed by atoms with E-state index in [4.69, 9.17) is 14.2 Å². The number of carbonyl (C=O) groups is 1. The van der Waals surface area contributed by atoms with Crippen LogP contribution >= 0.6 is 0 Å². The second kappa shape index (κ2) is 6.10. The number of rotatable bonds is 4. The fourth-order valence-corrected chi connectivity index (χ4v) is 2.88. The number of benzene rings is 2. The van der Waals surface area contributed by atoms with Gasteiger partial charge in [0.15, 0.2) is 6.29 Å². The molecule has 1 aliphatic heterocycles. The van der Waals surface area contributed by atoms with Gasteiger partial charge in [-0.25, -0.2) is 0 Å². The van der Waals surface area contributed by atoms with Crippen LogP contribution < -0.4 is 14.2 Å². The van der Waals surface area contributed by atoms with Crippen molar-refractivity contribution in [3.63, 3.8) is 0 Å². The van der Waals surface area contributed by atoms with Crippen LogP contribution in [0.1, 0.15) is 34.0 Å². The van der Waals surface area contributed by atoms with Gasteiger partial charge >= 0.3 is 0 Å². The molecule has 0 N–H and O–H groups in total. The Morgan fingerprint density at radius 2 is 1.86 bits per heavy atom. The summed E-state index contributed by atoms with van der Waals surface area (Å²) in [5, 5.41) is 0. The first-order chi connectivity index (χ1) is 10.8. The SMILES string of the molecule is COc1cc(OC)c2c(c1C=O)OC(c1ccccc1)CC2. The van der Waals surface area contributed by atoms with Gasteiger partial charge in [-0.3, -0.25) is 4.79 Å². The molecule has 114 valence electrons. The summed E-state index contributed by atoms with van der Waals surface area (Å²) in [5.74, 6) is 1.74. The van der Waals surface area contributed by atoms with Crippen molar-refractivity contribution in [2.24, 2.45) is 0 Å². The lowest BCUT2D eigenvalue weighted by Gasteiger charge is -2.29. The molecule has 0 aliphatic carbocycles. The van der Waals surface area contributed by atoms with Crippen LogP contribution in [0.15, 0.2) is 36.4 Å². The lowest BCUT2D eigenvalue weighted by molar-refractivity contribution is 0.110. The molecule has 1 aliphatic rings. The molecule has 0 saturated carbocycles. The highest BCUT2D eigenvalue weighted by Crippen LogP contribution is 2.45. The number of carbonyl (C=O) groups excluding carboxylic acids is 1. The van der Waals surface area contributed by atoms with Crippen molar-refractivity contribution in [1.82, 2.24) is 0 Å². The average Bonchev–Trinajstić information content (AvgIpc) is 2.60. The Morgan fingerprint density at radius 3 is 2.50 bits per heavy atom. The van der Waals surface area contributed by atoms with Crippen molar-refractivity contribution in [1.29, 1.82) is 0 Å². The van der Waals surface area contributed by atoms with Crippen LogP contribution in [0.4, 0.5) is 0 Å². The summed E-state index contributed by atoms with van der Waals surface area (Å²) in [6.07, 6.45) is 2.36. The topological polar surface area (TPSA) is 44.8 Å². The fraction of sp³-hybridized carbons (Fsp3) is 0.278. The molecule has 1 atom stereocenters. The van der Waals surface area contributed by atoms with Crippen molar-refractivity contribution >= 4 is 6.29 Å². The Morgan fingerprint density at radius 1 is 1.14 bits per heavy atom. The summed E-state index contributed by atoms with van der Waals surface area (Å²) in [6.45, 7) is 0. The van der Waals surface area contributed by atoms with E-state index in [1.165, 1.54) is 7.11 Å². The summed E-state index contributed by atoms with van der Waals surface area (Å²) >= 11 is 0. The second-order valence-corrected chi connectivity index (χ2v) is 5.18. The lowest BCUT2D eigenvalue weighted by Crippen LogP contribution is -2.17. The maximum Gasteiger partial charge on any atom is 0.157 e. The van der Waals surface area contributed by atoms with Crippen molar-refractivity contribution in [2.45, 2.75) is 18.9 Å². The molecule has 0 aromatic heterocycles. The molecule has 0 bridgehead atoms. The summed E-state index contributed by atoms with van der Waals surface area (Å²) in [7, 11) is 3.14. The first-order valence-electron chi connectivity index (χ1n) is 7.23. The third-order valence-corrected chi connectivity index (χ3v) is 3.99. The zero-order valence-corrected chi connectivity index (χ0v) is 12.7. The number of methoxy groups -OCH3 is 2. The van der Waals surface area contributed by atoms with E-state index < -0.39 is 0 Å². The van der Waals surface area contributed by atoms with Crippen LogP contribution in [0.25, 0.3) is 0 Å². The first-order valence-corrected chi connectivity index (χ1v) is 7.23. The predicted octanol–water partition coefficient (Wildman–Crippen LogP) is 3.58. The van der Waals surface area contributed by atoms with Crippen molar-refractivity contribution < 1.29 is 19.0 Å². The number of ether oxygens (including phenoxy) is 3. The normalized spacial score (nSPS) is 16.4. The summed E-state index contributed by atoms with van der Waals surface area (Å²) in [5.41, 5.74) is 2.48. The largest absolute Gasteiger partial charge is 0.496 e. The second-order valence-electron chi connectivity index (χ2n) is 5.18. The molecule has 2 aromatic carbocycles. The minimum absolute atomic E-state index is 0.0655. The molecule has 0 saturated heterocycles. The van der Waals surface area contributed by atoms with E-state index in [-0.39, 0.29) is 6.10 Å². The van der Waals surface area contributed by atoms with Gasteiger partial charge in [0.05, 0.1) is 19.8 Å². The number of hydrogen-bond acceptors (Lipinski definition) is 4. The van der Waals surface area contributed by atoms with Crippen LogP contribution in [0.3, 0.4) is 0 Å². The van der Waals surface area contributed by atoms with Gasteiger partial charge in [0.25, 0.3) is 0 Å². The molecule has 4 heteroatoms. The van der Waals surface area contributed by atoms with Gasteiger partial charge in [-0.15, -0.1) is 0 Å². The smallest absolute Gasteiger partial charge is 0.157 e. The molecule has 0 amide bonds. The van der Waals surface area contributed by atoms with Crippen molar-refractivity contribution in [2.75, 3.05) is 14.2 Å². The fourth-order valence-electron chi connectivity index (χ4n) is 2.88. The summed E-state index contributed by atoms with van der Waals surface area (Å²) in [6, 6.07) is 11.8. The molecule has 3 rings (SSSR count). The summed E-state index contributed by atoms with van der Waals surface area (Å²) in [4.78, 5) is 11.5. The van der Waals surface area contributed by atoms with Crippen LogP contribution in [0.2, 0.25) is 0 Å². The Labute approximate surface area is 129 Å². The Kier molecular flexibility index (Phi) is 4.00. The van der Waals surface area contributed by atoms with E-state index in [2.05, 4.69) is 0 Å². The third-order valence-electron chi connectivity index (χ3n) is 3.99. The van der Waals surface area contributed by atoms with Gasteiger partial charge < -0.3 is 14.2 Å². The minimum Gasteiger partial charge on any atom is -0.496 e. The maximum absolute atomic E-state index is 11.5. The molecule has 0 fully saturated rings. The van der Waals surface area contributed by atoms with Crippen LogP contribution in [0, 0.1) is 0 Å². The van der Waals surface area contributed by atoms with Crippen molar-refractivity contribution in [3.05, 3.63) is 53.1 Å². The van der Waals surface area contributed by atoms with Crippen molar-refractivity contribution in [3.8, 4) is 17.2 Å². The van der Waals surface area contributed by atoms with Gasteiger partial charge in [-0.1, -0.05) is 30.3 Å². The van der Waals surface area contributed by atoms with Crippen LogP contribution in [-0.4, -0.2) is 20.5 Å². The zero-order valence-electron chi connectivity index (χ0n) is 12.7. The van der Waals surface area contributed by atoms with E-state index in [0.29, 0.717) is 22.8 Å². The standard InChI is InChI=1S/C18H18O4/c1-20-16-10-17(21-2)14(11-19)18-13(16)8-9-15(22-18)12-6-4-3-5-7-12/h3-7,10-11,15H,8-9H2,1-2H3. The Balaban J connectivity index is 2.07. The van der Waals surface area contributed by atoms with Gasteiger partial charge in [0.2, 0.25) is 0 Å². The molecule has 1 unspecified atom stereocenters. The molecule has 4 nitrogen and oxygen atoms in total. The van der Waals surface area contributed by atoms with Crippen LogP contribution in [-0.2, 0) is 6.42 Å². The first kappa shape index (κ1) is 14.4.